The van der Waals surface area contributed by atoms with Crippen molar-refractivity contribution in [3.05, 3.63) is 84.6 Å². The topological polar surface area (TPSA) is 62.3 Å². The molecule has 1 fully saturated rings. The first-order valence-corrected chi connectivity index (χ1v) is 9.74. The van der Waals surface area contributed by atoms with Crippen molar-refractivity contribution in [2.24, 2.45) is 0 Å². The summed E-state index contributed by atoms with van der Waals surface area (Å²) in [6.07, 6.45) is 8.61. The number of carbonyl (C=O) groups excluding carboxylic acids is 2. The van der Waals surface area contributed by atoms with Crippen LogP contribution in [0.25, 0.3) is 10.9 Å². The van der Waals surface area contributed by atoms with Gasteiger partial charge in [-0.15, -0.1) is 6.42 Å². The van der Waals surface area contributed by atoms with Crippen LogP contribution in [0.1, 0.15) is 23.5 Å². The summed E-state index contributed by atoms with van der Waals surface area (Å²) in [5.74, 6) is 2.34. The zero-order valence-corrected chi connectivity index (χ0v) is 16.4. The summed E-state index contributed by atoms with van der Waals surface area (Å²) < 4.78 is 0. The van der Waals surface area contributed by atoms with Gasteiger partial charge in [0, 0.05) is 42.1 Å². The first kappa shape index (κ1) is 19.4. The Morgan fingerprint density at radius 3 is 2.70 bits per heavy atom. The molecule has 2 heterocycles. The number of aromatic nitrogens is 1. The van der Waals surface area contributed by atoms with Crippen molar-refractivity contribution < 1.29 is 9.59 Å². The summed E-state index contributed by atoms with van der Waals surface area (Å²) in [7, 11) is 0. The summed E-state index contributed by atoms with van der Waals surface area (Å²) in [5.41, 5.74) is 3.26. The van der Waals surface area contributed by atoms with Gasteiger partial charge in [0.2, 0.25) is 11.8 Å². The predicted molar refractivity (Wildman–Crippen MR) is 118 cm³/mol. The molecule has 1 aliphatic heterocycles. The lowest BCUT2D eigenvalue weighted by molar-refractivity contribution is -0.136. The summed E-state index contributed by atoms with van der Waals surface area (Å²) in [6, 6.07) is 16.9. The van der Waals surface area contributed by atoms with E-state index in [0.29, 0.717) is 12.2 Å². The zero-order chi connectivity index (χ0) is 21.1. The second-order valence-electron chi connectivity index (χ2n) is 7.27. The van der Waals surface area contributed by atoms with Crippen LogP contribution < -0.4 is 5.32 Å². The molecule has 0 unspecified atom stereocenters. The zero-order valence-electron chi connectivity index (χ0n) is 16.4. The minimum absolute atomic E-state index is 0.0668. The first-order chi connectivity index (χ1) is 14.6. The number of benzene rings is 2. The number of nitrogens with one attached hydrogen (secondary N) is 1. The number of carbonyl (C=O) groups is 2. The number of hydrogen-bond acceptors (Lipinski definition) is 3. The number of likely N-dealkylation sites (tertiary alicyclic amines) is 1. The lowest BCUT2D eigenvalue weighted by Crippen LogP contribution is -2.57. The third-order valence-electron chi connectivity index (χ3n) is 5.52. The highest BCUT2D eigenvalue weighted by Gasteiger charge is 2.42. The van der Waals surface area contributed by atoms with Gasteiger partial charge in [-0.05, 0) is 35.9 Å². The Kier molecular flexibility index (Phi) is 5.32. The van der Waals surface area contributed by atoms with Gasteiger partial charge in [0.1, 0.15) is 0 Å². The monoisotopic (exact) mass is 395 g/mol. The van der Waals surface area contributed by atoms with Crippen LogP contribution in [-0.4, -0.2) is 34.3 Å². The first-order valence-electron chi connectivity index (χ1n) is 9.74. The average Bonchev–Trinajstić information content (AvgIpc) is 2.77. The van der Waals surface area contributed by atoms with Crippen LogP contribution in [0, 0.1) is 12.3 Å². The van der Waals surface area contributed by atoms with Crippen LogP contribution in [0.3, 0.4) is 0 Å². The van der Waals surface area contributed by atoms with Crippen LogP contribution in [0.4, 0.5) is 5.69 Å². The number of para-hydroxylation sites is 1. The molecule has 5 heteroatoms. The Balaban J connectivity index is 1.53. The molecule has 1 N–H and O–H groups in total. The molecule has 148 valence electrons. The van der Waals surface area contributed by atoms with Gasteiger partial charge in [-0.2, -0.15) is 0 Å². The summed E-state index contributed by atoms with van der Waals surface area (Å²) in [5, 5.41) is 3.91. The van der Waals surface area contributed by atoms with Crippen LogP contribution >= 0.6 is 0 Å². The normalized spacial score (nSPS) is 17.6. The van der Waals surface area contributed by atoms with Gasteiger partial charge in [0.05, 0.1) is 11.2 Å². The smallest absolute Gasteiger partial charge is 0.246 e. The average molecular weight is 395 g/mol. The number of fused-ring (bicyclic) bond motifs is 1. The quantitative estimate of drug-likeness (QED) is 0.529. The minimum Gasteiger partial charge on any atom is -0.334 e. The number of terminal acetylenes is 1. The van der Waals surface area contributed by atoms with E-state index >= 15 is 0 Å². The fourth-order valence-electron chi connectivity index (χ4n) is 3.92. The number of nitrogens with zero attached hydrogens (tertiary/aromatic N) is 2. The number of pyridine rings is 1. The molecule has 0 radical (unpaired) electrons. The molecule has 2 atom stereocenters. The van der Waals surface area contributed by atoms with Crippen molar-refractivity contribution in [3.63, 3.8) is 0 Å². The maximum absolute atomic E-state index is 12.9. The molecule has 0 saturated carbocycles. The molecule has 30 heavy (non-hydrogen) atoms. The van der Waals surface area contributed by atoms with E-state index in [9.17, 15) is 9.59 Å². The van der Waals surface area contributed by atoms with E-state index in [1.54, 1.807) is 11.1 Å². The van der Waals surface area contributed by atoms with Crippen molar-refractivity contribution in [2.75, 3.05) is 11.9 Å². The van der Waals surface area contributed by atoms with Crippen LogP contribution in [0.2, 0.25) is 0 Å². The van der Waals surface area contributed by atoms with Crippen molar-refractivity contribution in [3.8, 4) is 12.3 Å². The molecule has 0 bridgehead atoms. The van der Waals surface area contributed by atoms with Crippen LogP contribution in [0.15, 0.2) is 73.4 Å². The highest BCUT2D eigenvalue weighted by molar-refractivity contribution is 6.00. The Morgan fingerprint density at radius 1 is 1.20 bits per heavy atom. The molecule has 5 nitrogen and oxygen atoms in total. The fraction of sp³-hybridized carbons (Fsp3) is 0.160. The predicted octanol–water partition coefficient (Wildman–Crippen LogP) is 3.73. The number of rotatable bonds is 5. The van der Waals surface area contributed by atoms with E-state index in [1.807, 2.05) is 54.6 Å². The summed E-state index contributed by atoms with van der Waals surface area (Å²) in [4.78, 5) is 31.2. The Morgan fingerprint density at radius 2 is 1.97 bits per heavy atom. The Bertz CT molecular complexity index is 1160. The third-order valence-corrected chi connectivity index (χ3v) is 5.52. The van der Waals surface area contributed by atoms with E-state index in [1.165, 1.54) is 6.08 Å². The molecule has 0 aliphatic carbocycles. The van der Waals surface area contributed by atoms with E-state index in [4.69, 9.17) is 6.42 Å². The van der Waals surface area contributed by atoms with Crippen LogP contribution in [-0.2, 0) is 9.59 Å². The van der Waals surface area contributed by atoms with E-state index < -0.39 is 0 Å². The van der Waals surface area contributed by atoms with E-state index in [0.717, 1.165) is 22.0 Å². The maximum Gasteiger partial charge on any atom is 0.246 e. The van der Waals surface area contributed by atoms with Gasteiger partial charge in [-0.1, -0.05) is 42.8 Å². The van der Waals surface area contributed by atoms with Gasteiger partial charge < -0.3 is 10.2 Å². The molecule has 1 aromatic heterocycles. The standard InChI is InChI=1S/C25H21N3O2/c1-3-17-10-12-18(13-11-17)20-16-28(24(30)4-2)22(20)15-23(29)27-21-9-5-7-19-8-6-14-26-25(19)21/h1,4-14,20,22H,2,15-16H2,(H,27,29)/t20-,22+/m1/s1. The molecule has 2 aromatic carbocycles. The molecule has 0 spiro atoms. The van der Waals surface area contributed by atoms with Crippen LogP contribution in [0.5, 0.6) is 0 Å². The van der Waals surface area contributed by atoms with Crippen molar-refractivity contribution >= 4 is 28.4 Å². The van der Waals surface area contributed by atoms with Gasteiger partial charge >= 0.3 is 0 Å². The van der Waals surface area contributed by atoms with E-state index in [2.05, 4.69) is 22.8 Å². The summed E-state index contributed by atoms with van der Waals surface area (Å²) in [6.45, 7) is 4.13. The fourth-order valence-corrected chi connectivity index (χ4v) is 3.92. The molecule has 1 saturated heterocycles. The van der Waals surface area contributed by atoms with Crippen molar-refractivity contribution in [1.82, 2.24) is 9.88 Å². The molecule has 4 rings (SSSR count). The van der Waals surface area contributed by atoms with Gasteiger partial charge in [-0.3, -0.25) is 14.6 Å². The number of hydrogen-bond donors (Lipinski definition) is 1. The SMILES string of the molecule is C#Cc1ccc([C@H]2CN(C(=O)C=C)[C@H]2CC(=O)Nc2cccc3cccnc23)cc1. The largest absolute Gasteiger partial charge is 0.334 e. The molecular weight excluding hydrogens is 374 g/mol. The maximum atomic E-state index is 12.9. The van der Waals surface area contributed by atoms with Gasteiger partial charge in [-0.25, -0.2) is 0 Å². The van der Waals surface area contributed by atoms with E-state index in [-0.39, 0.29) is 30.2 Å². The third kappa shape index (κ3) is 3.68. The second kappa shape index (κ2) is 8.22. The summed E-state index contributed by atoms with van der Waals surface area (Å²) >= 11 is 0. The lowest BCUT2D eigenvalue weighted by atomic mass is 9.80. The van der Waals surface area contributed by atoms with Gasteiger partial charge in [0.15, 0.2) is 0 Å². The van der Waals surface area contributed by atoms with Crippen molar-refractivity contribution in [1.29, 1.82) is 0 Å². The highest BCUT2D eigenvalue weighted by Crippen LogP contribution is 2.37. The molecule has 2 amide bonds. The Labute approximate surface area is 175 Å². The Hall–Kier alpha value is -3.91. The molecule has 3 aromatic rings. The lowest BCUT2D eigenvalue weighted by Gasteiger charge is -2.48. The number of amides is 2. The second-order valence-corrected chi connectivity index (χ2v) is 7.27. The highest BCUT2D eigenvalue weighted by atomic mass is 16.2. The molecule has 1 aliphatic rings. The van der Waals surface area contributed by atoms with Gasteiger partial charge in [0.25, 0.3) is 0 Å². The number of anilines is 1. The van der Waals surface area contributed by atoms with Crippen molar-refractivity contribution in [2.45, 2.75) is 18.4 Å². The molecular formula is C25H21N3O2. The minimum atomic E-state index is -0.241.